The lowest BCUT2D eigenvalue weighted by Gasteiger charge is -2.29. The summed E-state index contributed by atoms with van der Waals surface area (Å²) in [6.45, 7) is 1.64. The van der Waals surface area contributed by atoms with E-state index in [0.717, 1.165) is 12.3 Å². The highest BCUT2D eigenvalue weighted by atomic mass is 35.5. The molecule has 0 aromatic carbocycles. The van der Waals surface area contributed by atoms with Gasteiger partial charge >= 0.3 is 6.18 Å². The smallest absolute Gasteiger partial charge is 0.300 e. The second-order valence-corrected chi connectivity index (χ2v) is 8.34. The van der Waals surface area contributed by atoms with Gasteiger partial charge in [0.05, 0.1) is 34.8 Å². The number of Topliss-reactive ketones (excluding diaryl/α,β-unsaturated/α-hetero) is 2. The number of halogens is 4. The summed E-state index contributed by atoms with van der Waals surface area (Å²) in [7, 11) is 0. The Kier molecular flexibility index (Phi) is 7.41. The van der Waals surface area contributed by atoms with E-state index >= 15 is 0 Å². The first kappa shape index (κ1) is 26.0. The molecule has 1 aliphatic carbocycles. The van der Waals surface area contributed by atoms with Crippen molar-refractivity contribution in [1.82, 2.24) is 19.7 Å². The van der Waals surface area contributed by atoms with Crippen LogP contribution in [0.5, 0.6) is 0 Å². The maximum atomic E-state index is 12.9. The quantitative estimate of drug-likeness (QED) is 0.466. The molecule has 35 heavy (non-hydrogen) atoms. The molecule has 0 radical (unpaired) electrons. The molecule has 3 heterocycles. The molecule has 1 saturated carbocycles. The van der Waals surface area contributed by atoms with Crippen LogP contribution in [0.1, 0.15) is 58.6 Å². The highest BCUT2D eigenvalue weighted by molar-refractivity contribution is 5.98. The third kappa shape index (κ3) is 5.25. The molecule has 0 amide bonds. The number of alkyl halides is 3. The van der Waals surface area contributed by atoms with E-state index < -0.39 is 17.2 Å². The summed E-state index contributed by atoms with van der Waals surface area (Å²) in [6, 6.07) is 7.90. The predicted molar refractivity (Wildman–Crippen MR) is 121 cm³/mol. The monoisotopic (exact) mass is 503 g/mol. The predicted octanol–water partition coefficient (Wildman–Crippen LogP) is 4.74. The molecular formula is C24H21ClF3N5O2. The number of nitrogens with zero attached hydrogens (tertiary/aromatic N) is 5. The van der Waals surface area contributed by atoms with E-state index in [1.165, 1.54) is 16.9 Å². The first-order valence-electron chi connectivity index (χ1n) is 10.6. The Hall–Kier alpha value is -3.58. The Balaban J connectivity index is 0.00000342. The van der Waals surface area contributed by atoms with Crippen LogP contribution < -0.4 is 0 Å². The summed E-state index contributed by atoms with van der Waals surface area (Å²) in [5.74, 6) is 0.0855. The molecule has 0 spiro atoms. The molecule has 4 rings (SSSR count). The molecule has 7 nitrogen and oxygen atoms in total. The van der Waals surface area contributed by atoms with Gasteiger partial charge in [-0.05, 0) is 43.5 Å². The van der Waals surface area contributed by atoms with Crippen molar-refractivity contribution in [1.29, 1.82) is 5.26 Å². The van der Waals surface area contributed by atoms with Crippen LogP contribution in [0.25, 0.3) is 5.82 Å². The topological polar surface area (TPSA) is 102 Å². The van der Waals surface area contributed by atoms with Crippen LogP contribution >= 0.6 is 12.4 Å². The van der Waals surface area contributed by atoms with Crippen molar-refractivity contribution in [2.75, 3.05) is 0 Å². The van der Waals surface area contributed by atoms with Crippen LogP contribution in [0, 0.1) is 18.3 Å². The van der Waals surface area contributed by atoms with Crippen LogP contribution in [-0.2, 0) is 22.8 Å². The molecule has 1 aliphatic rings. The molecular weight excluding hydrogens is 483 g/mol. The Labute approximate surface area is 205 Å². The molecule has 0 N–H and O–H groups in total. The van der Waals surface area contributed by atoms with Gasteiger partial charge in [-0.1, -0.05) is 6.07 Å². The second-order valence-electron chi connectivity index (χ2n) is 8.34. The average molecular weight is 504 g/mol. The molecule has 0 unspecified atom stereocenters. The normalized spacial score (nSPS) is 15.2. The minimum absolute atomic E-state index is 0. The van der Waals surface area contributed by atoms with Gasteiger partial charge in [-0.25, -0.2) is 9.67 Å². The number of hydrogen-bond donors (Lipinski definition) is 0. The van der Waals surface area contributed by atoms with Gasteiger partial charge in [-0.15, -0.1) is 12.4 Å². The summed E-state index contributed by atoms with van der Waals surface area (Å²) in [5, 5.41) is 13.8. The molecule has 182 valence electrons. The molecule has 11 heteroatoms. The number of carbonyl (C=O) groups excluding carboxylic acids is 2. The third-order valence-corrected chi connectivity index (χ3v) is 6.16. The summed E-state index contributed by atoms with van der Waals surface area (Å²) in [6.07, 6.45) is 0.770. The van der Waals surface area contributed by atoms with E-state index in [-0.39, 0.29) is 36.2 Å². The minimum Gasteiger partial charge on any atom is -0.300 e. The fourth-order valence-corrected chi connectivity index (χ4v) is 4.07. The molecule has 0 bridgehead atoms. The number of nitriles is 1. The number of hydrogen-bond acceptors (Lipinski definition) is 6. The zero-order chi connectivity index (χ0) is 24.5. The standard InChI is InChI=1S/C24H20F3N5O2.ClH/c1-15-19(13-31-32(15)22-5-3-17(12-30-22)24(25,26)27)20(34)10-16-2-4-21(29-11-16)23(14-28)8-6-18(33)7-9-23;/h2-5,11-13H,6-10H2,1H3;1H. The Morgan fingerprint density at radius 3 is 2.37 bits per heavy atom. The van der Waals surface area contributed by atoms with Crippen molar-refractivity contribution in [3.63, 3.8) is 0 Å². The zero-order valence-corrected chi connectivity index (χ0v) is 19.5. The fraction of sp³-hybridized carbons (Fsp3) is 0.333. The number of aromatic nitrogens is 4. The highest BCUT2D eigenvalue weighted by Gasteiger charge is 2.38. The zero-order valence-electron chi connectivity index (χ0n) is 18.7. The Bertz CT molecular complexity index is 1270. The maximum absolute atomic E-state index is 12.9. The van der Waals surface area contributed by atoms with Crippen LogP contribution in [0.15, 0.2) is 42.9 Å². The lowest BCUT2D eigenvalue weighted by atomic mass is 9.72. The largest absolute Gasteiger partial charge is 0.417 e. The summed E-state index contributed by atoms with van der Waals surface area (Å²) in [5.41, 5.74) is 0.362. The van der Waals surface area contributed by atoms with E-state index in [9.17, 15) is 28.0 Å². The van der Waals surface area contributed by atoms with Crippen molar-refractivity contribution in [3.05, 3.63) is 70.9 Å². The van der Waals surface area contributed by atoms with Gasteiger partial charge in [0.15, 0.2) is 11.6 Å². The molecule has 0 atom stereocenters. The molecule has 0 saturated heterocycles. The van der Waals surface area contributed by atoms with Crippen molar-refractivity contribution in [2.24, 2.45) is 0 Å². The molecule has 3 aromatic rings. The Morgan fingerprint density at radius 2 is 1.83 bits per heavy atom. The van der Waals surface area contributed by atoms with Crippen LogP contribution in [0.2, 0.25) is 0 Å². The average Bonchev–Trinajstić information content (AvgIpc) is 3.21. The van der Waals surface area contributed by atoms with Gasteiger partial charge in [0.1, 0.15) is 11.2 Å². The summed E-state index contributed by atoms with van der Waals surface area (Å²) < 4.78 is 39.6. The van der Waals surface area contributed by atoms with E-state index in [1.807, 2.05) is 0 Å². The Morgan fingerprint density at radius 1 is 1.11 bits per heavy atom. The lowest BCUT2D eigenvalue weighted by Crippen LogP contribution is -2.31. The van der Waals surface area contributed by atoms with Gasteiger partial charge in [-0.3, -0.25) is 14.6 Å². The van der Waals surface area contributed by atoms with E-state index in [1.54, 1.807) is 25.3 Å². The number of pyridine rings is 2. The van der Waals surface area contributed by atoms with E-state index in [0.29, 0.717) is 48.2 Å². The lowest BCUT2D eigenvalue weighted by molar-refractivity contribution is -0.137. The number of rotatable bonds is 5. The van der Waals surface area contributed by atoms with Gasteiger partial charge in [0.25, 0.3) is 0 Å². The van der Waals surface area contributed by atoms with Gasteiger partial charge < -0.3 is 0 Å². The van der Waals surface area contributed by atoms with Crippen molar-refractivity contribution < 1.29 is 22.8 Å². The molecule has 3 aromatic heterocycles. The third-order valence-electron chi connectivity index (χ3n) is 6.16. The van der Waals surface area contributed by atoms with Gasteiger partial charge in [0, 0.05) is 31.7 Å². The summed E-state index contributed by atoms with van der Waals surface area (Å²) >= 11 is 0. The second kappa shape index (κ2) is 9.96. The van der Waals surface area contributed by atoms with Crippen molar-refractivity contribution in [2.45, 2.75) is 50.6 Å². The van der Waals surface area contributed by atoms with Crippen molar-refractivity contribution >= 4 is 24.0 Å². The SMILES string of the molecule is Cc1c(C(=O)Cc2ccc(C3(C#N)CCC(=O)CC3)nc2)cnn1-c1ccc(C(F)(F)F)cn1.Cl. The van der Waals surface area contributed by atoms with Crippen LogP contribution in [0.4, 0.5) is 13.2 Å². The van der Waals surface area contributed by atoms with Crippen molar-refractivity contribution in [3.8, 4) is 11.9 Å². The summed E-state index contributed by atoms with van der Waals surface area (Å²) in [4.78, 5) is 32.7. The highest BCUT2D eigenvalue weighted by Crippen LogP contribution is 2.36. The van der Waals surface area contributed by atoms with Crippen LogP contribution in [0.3, 0.4) is 0 Å². The first-order valence-corrected chi connectivity index (χ1v) is 10.6. The maximum Gasteiger partial charge on any atom is 0.417 e. The molecule has 0 aliphatic heterocycles. The van der Waals surface area contributed by atoms with Gasteiger partial charge in [0.2, 0.25) is 0 Å². The fourth-order valence-electron chi connectivity index (χ4n) is 4.07. The first-order chi connectivity index (χ1) is 16.1. The van der Waals surface area contributed by atoms with Gasteiger partial charge in [-0.2, -0.15) is 23.5 Å². The van der Waals surface area contributed by atoms with Crippen LogP contribution in [-0.4, -0.2) is 31.3 Å². The number of ketones is 2. The minimum atomic E-state index is -4.49. The number of carbonyl (C=O) groups is 2. The van der Waals surface area contributed by atoms with E-state index in [2.05, 4.69) is 21.1 Å². The molecule has 1 fully saturated rings. The van der Waals surface area contributed by atoms with E-state index in [4.69, 9.17) is 0 Å².